The smallest absolute Gasteiger partial charge is 0.140 e. The van der Waals surface area contributed by atoms with Crippen molar-refractivity contribution in [3.8, 4) is 33.4 Å². The van der Waals surface area contributed by atoms with Crippen LogP contribution < -0.4 is 4.90 Å². The van der Waals surface area contributed by atoms with Crippen LogP contribution in [-0.4, -0.2) is 0 Å². The Balaban J connectivity index is 1.18. The Kier molecular flexibility index (Phi) is 6.20. The van der Waals surface area contributed by atoms with Crippen molar-refractivity contribution in [2.24, 2.45) is 0 Å². The zero-order chi connectivity index (χ0) is 31.5. The van der Waals surface area contributed by atoms with Crippen LogP contribution in [0.25, 0.3) is 55.3 Å². The topological polar surface area (TPSA) is 16.4 Å². The van der Waals surface area contributed by atoms with Crippen molar-refractivity contribution < 1.29 is 4.42 Å². The van der Waals surface area contributed by atoms with Crippen LogP contribution in [0.3, 0.4) is 0 Å². The van der Waals surface area contributed by atoms with E-state index in [-0.39, 0.29) is 5.41 Å². The predicted molar refractivity (Wildman–Crippen MR) is 197 cm³/mol. The molecule has 0 saturated heterocycles. The van der Waals surface area contributed by atoms with E-state index in [0.717, 1.165) is 28.2 Å². The first-order valence-electron chi connectivity index (χ1n) is 16.3. The highest BCUT2D eigenvalue weighted by atomic mass is 16.3. The molecule has 7 aromatic carbocycles. The second kappa shape index (κ2) is 10.6. The summed E-state index contributed by atoms with van der Waals surface area (Å²) in [6, 6.07) is 58.8. The minimum absolute atomic E-state index is 0.242. The summed E-state index contributed by atoms with van der Waals surface area (Å²) in [5, 5.41) is 2.35. The number of benzene rings is 7. The molecule has 8 aromatic rings. The second-order valence-corrected chi connectivity index (χ2v) is 13.0. The van der Waals surface area contributed by atoms with Gasteiger partial charge in [-0.15, -0.1) is 0 Å². The minimum atomic E-state index is -0.242. The maximum Gasteiger partial charge on any atom is 0.140 e. The van der Waals surface area contributed by atoms with Crippen molar-refractivity contribution in [2.45, 2.75) is 19.3 Å². The van der Waals surface area contributed by atoms with E-state index in [4.69, 9.17) is 4.42 Å². The molecule has 0 saturated carbocycles. The molecule has 0 amide bonds. The number of rotatable bonds is 5. The summed E-state index contributed by atoms with van der Waals surface area (Å²) in [4.78, 5) is 2.37. The van der Waals surface area contributed by atoms with Gasteiger partial charge in [0.2, 0.25) is 0 Å². The second-order valence-electron chi connectivity index (χ2n) is 13.0. The standard InChI is InChI=1S/C45H33NO/c1-45(2)41-29-36(25-26-37(41)39-27-28-40-38-15-9-10-16-42(38)47-44(40)43(39)45)46(34-21-17-32(18-22-34)30-11-5-3-6-12-30)35-23-19-33(20-24-35)31-13-7-4-8-14-31/h3-29H,1-2H3. The van der Waals surface area contributed by atoms with E-state index in [9.17, 15) is 0 Å². The van der Waals surface area contributed by atoms with Crippen LogP contribution in [0.2, 0.25) is 0 Å². The molecular formula is C45H33NO. The van der Waals surface area contributed by atoms with Crippen molar-refractivity contribution >= 4 is 39.0 Å². The van der Waals surface area contributed by atoms with Gasteiger partial charge in [-0.1, -0.05) is 129 Å². The van der Waals surface area contributed by atoms with Crippen LogP contribution >= 0.6 is 0 Å². The minimum Gasteiger partial charge on any atom is -0.456 e. The molecule has 0 aliphatic heterocycles. The molecule has 1 aliphatic carbocycles. The first-order chi connectivity index (χ1) is 23.1. The average molecular weight is 604 g/mol. The summed E-state index contributed by atoms with van der Waals surface area (Å²) in [5.74, 6) is 0. The molecule has 47 heavy (non-hydrogen) atoms. The molecule has 1 heterocycles. The van der Waals surface area contributed by atoms with E-state index in [1.165, 1.54) is 55.3 Å². The van der Waals surface area contributed by atoms with Gasteiger partial charge in [0.15, 0.2) is 0 Å². The lowest BCUT2D eigenvalue weighted by Crippen LogP contribution is -2.17. The molecule has 0 unspecified atom stereocenters. The van der Waals surface area contributed by atoms with Gasteiger partial charge in [0, 0.05) is 38.8 Å². The molecule has 1 aromatic heterocycles. The lowest BCUT2D eigenvalue weighted by Gasteiger charge is -2.28. The monoisotopic (exact) mass is 603 g/mol. The molecule has 0 atom stereocenters. The number of para-hydroxylation sites is 1. The summed E-state index contributed by atoms with van der Waals surface area (Å²) in [6.45, 7) is 4.67. The van der Waals surface area contributed by atoms with Crippen molar-refractivity contribution in [1.29, 1.82) is 0 Å². The number of hydrogen-bond donors (Lipinski definition) is 0. The van der Waals surface area contributed by atoms with Crippen LogP contribution in [0, 0.1) is 0 Å². The molecule has 0 N–H and O–H groups in total. The van der Waals surface area contributed by atoms with Gasteiger partial charge in [0.1, 0.15) is 11.2 Å². The highest BCUT2D eigenvalue weighted by molar-refractivity contribution is 6.09. The molecular weight excluding hydrogens is 571 g/mol. The van der Waals surface area contributed by atoms with E-state index < -0.39 is 0 Å². The van der Waals surface area contributed by atoms with Crippen LogP contribution in [0.4, 0.5) is 17.1 Å². The number of nitrogens with zero attached hydrogens (tertiary/aromatic N) is 1. The summed E-state index contributed by atoms with van der Waals surface area (Å²) in [6.07, 6.45) is 0. The van der Waals surface area contributed by atoms with Crippen LogP contribution in [-0.2, 0) is 5.41 Å². The van der Waals surface area contributed by atoms with E-state index >= 15 is 0 Å². The Hall–Kier alpha value is -5.86. The van der Waals surface area contributed by atoms with Crippen LogP contribution in [0.15, 0.2) is 168 Å². The summed E-state index contributed by atoms with van der Waals surface area (Å²) >= 11 is 0. The van der Waals surface area contributed by atoms with Gasteiger partial charge in [-0.2, -0.15) is 0 Å². The Morgan fingerprint density at radius 1 is 0.447 bits per heavy atom. The van der Waals surface area contributed by atoms with E-state index in [1.54, 1.807) is 0 Å². The number of hydrogen-bond acceptors (Lipinski definition) is 2. The molecule has 0 bridgehead atoms. The summed E-state index contributed by atoms with van der Waals surface area (Å²) in [7, 11) is 0. The third-order valence-electron chi connectivity index (χ3n) is 9.86. The number of anilines is 3. The summed E-state index contributed by atoms with van der Waals surface area (Å²) in [5.41, 5.74) is 15.0. The first-order valence-corrected chi connectivity index (χ1v) is 16.3. The Morgan fingerprint density at radius 2 is 0.957 bits per heavy atom. The van der Waals surface area contributed by atoms with Gasteiger partial charge in [-0.3, -0.25) is 0 Å². The van der Waals surface area contributed by atoms with Crippen LogP contribution in [0.5, 0.6) is 0 Å². The van der Waals surface area contributed by atoms with Crippen molar-refractivity contribution in [3.63, 3.8) is 0 Å². The first kappa shape index (κ1) is 27.5. The van der Waals surface area contributed by atoms with E-state index in [2.05, 4.69) is 176 Å². The maximum absolute atomic E-state index is 6.56. The summed E-state index contributed by atoms with van der Waals surface area (Å²) < 4.78 is 6.56. The molecule has 0 spiro atoms. The fourth-order valence-electron chi connectivity index (χ4n) is 7.51. The number of fused-ring (bicyclic) bond motifs is 7. The SMILES string of the molecule is CC1(C)c2cc(N(c3ccc(-c4ccccc4)cc3)c3ccc(-c4ccccc4)cc3)ccc2-c2ccc3c(oc4ccccc43)c21. The molecule has 0 radical (unpaired) electrons. The Morgan fingerprint density at radius 3 is 1.57 bits per heavy atom. The molecule has 224 valence electrons. The quantitative estimate of drug-likeness (QED) is 0.195. The zero-order valence-electron chi connectivity index (χ0n) is 26.4. The van der Waals surface area contributed by atoms with Crippen molar-refractivity contribution in [3.05, 3.63) is 175 Å². The maximum atomic E-state index is 6.56. The van der Waals surface area contributed by atoms with E-state index in [1.807, 2.05) is 6.07 Å². The van der Waals surface area contributed by atoms with Gasteiger partial charge >= 0.3 is 0 Å². The molecule has 2 nitrogen and oxygen atoms in total. The largest absolute Gasteiger partial charge is 0.456 e. The lowest BCUT2D eigenvalue weighted by molar-refractivity contribution is 0.620. The zero-order valence-corrected chi connectivity index (χ0v) is 26.4. The molecule has 1 aliphatic rings. The molecule has 0 fully saturated rings. The third kappa shape index (κ3) is 4.40. The van der Waals surface area contributed by atoms with Crippen molar-refractivity contribution in [2.75, 3.05) is 4.90 Å². The fourth-order valence-corrected chi connectivity index (χ4v) is 7.51. The molecule has 2 heteroatoms. The van der Waals surface area contributed by atoms with Crippen LogP contribution in [0.1, 0.15) is 25.0 Å². The van der Waals surface area contributed by atoms with Gasteiger partial charge in [-0.25, -0.2) is 0 Å². The average Bonchev–Trinajstić information content (AvgIpc) is 3.61. The van der Waals surface area contributed by atoms with Crippen molar-refractivity contribution in [1.82, 2.24) is 0 Å². The van der Waals surface area contributed by atoms with Gasteiger partial charge in [-0.05, 0) is 87.5 Å². The predicted octanol–water partition coefficient (Wildman–Crippen LogP) is 12.7. The number of furan rings is 1. The fraction of sp³-hybridized carbons (Fsp3) is 0.0667. The molecule has 9 rings (SSSR count). The normalized spacial score (nSPS) is 13.1. The lowest BCUT2D eigenvalue weighted by atomic mass is 9.81. The van der Waals surface area contributed by atoms with Gasteiger partial charge < -0.3 is 9.32 Å². The van der Waals surface area contributed by atoms with E-state index in [0.29, 0.717) is 0 Å². The Labute approximate surface area is 275 Å². The third-order valence-corrected chi connectivity index (χ3v) is 9.86. The van der Waals surface area contributed by atoms with Gasteiger partial charge in [0.25, 0.3) is 0 Å². The Bertz CT molecular complexity index is 2320. The highest BCUT2D eigenvalue weighted by Gasteiger charge is 2.39. The highest BCUT2D eigenvalue weighted by Crippen LogP contribution is 2.54. The van der Waals surface area contributed by atoms with Gasteiger partial charge in [0.05, 0.1) is 0 Å².